The molecule has 4 aromatic carbocycles. The number of likely N-dealkylation sites (tertiary alicyclic amines) is 3. The molecule has 3 heterocycles. The van der Waals surface area contributed by atoms with Gasteiger partial charge in [-0.25, -0.2) is 13.2 Å². The average molecular weight is 942 g/mol. The van der Waals surface area contributed by atoms with Crippen molar-refractivity contribution < 1.29 is 47.7 Å². The summed E-state index contributed by atoms with van der Waals surface area (Å²) < 4.78 is 41.7. The van der Waals surface area contributed by atoms with Crippen LogP contribution in [0, 0.1) is 17.5 Å². The summed E-state index contributed by atoms with van der Waals surface area (Å²) in [7, 11) is 0. The van der Waals surface area contributed by atoms with E-state index in [-0.39, 0.29) is 57.9 Å². The third-order valence-electron chi connectivity index (χ3n) is 13.0. The molecule has 3 fully saturated rings. The van der Waals surface area contributed by atoms with E-state index < -0.39 is 52.0 Å². The van der Waals surface area contributed by atoms with Gasteiger partial charge in [-0.2, -0.15) is 0 Å². The first-order valence-electron chi connectivity index (χ1n) is 24.1. The molecule has 366 valence electrons. The van der Waals surface area contributed by atoms with Gasteiger partial charge in [0.1, 0.15) is 17.5 Å². The predicted octanol–water partition coefficient (Wildman–Crippen LogP) is 6.64. The van der Waals surface area contributed by atoms with E-state index in [4.69, 9.17) is 5.73 Å². The van der Waals surface area contributed by atoms with Crippen LogP contribution >= 0.6 is 0 Å². The van der Waals surface area contributed by atoms with Crippen molar-refractivity contribution >= 4 is 28.8 Å². The number of hydrogen-bond donors (Lipinski definition) is 5. The van der Waals surface area contributed by atoms with Crippen molar-refractivity contribution in [3.05, 3.63) is 135 Å². The third kappa shape index (κ3) is 13.3. The van der Waals surface area contributed by atoms with E-state index in [0.717, 1.165) is 70.7 Å². The van der Waals surface area contributed by atoms with Gasteiger partial charge in [0.25, 0.3) is 0 Å². The standard InChI is InChI=1S/C22H23FN2O3.C14H6F2O2.C9H19NO.C8H18N2O/c23-17-8-9-18(24-12-14(26)13-25-10-4-1-5-11-25)20-19(17)21(27)15-6-2-3-7-16(15)22(20)28;15-9-5-6-10(16)12-11(9)13(17)7-3-1-2-4-8(7)14(12)18;1-2-9(11)8-10-6-4-3-5-7-10;9-6-8(11)7-10-4-2-1-3-5-10/h2-3,6-9,14,24,26H,1,4-5,10-13H2;1-6H;9,11H,2-8H2,1H3;8,11H,1-7,9H2/t14-;;9-;8-/m0.00/s1. The molecule has 2 aliphatic carbocycles. The molecule has 9 rings (SSSR count). The molecule has 3 atom stereocenters. The molecule has 5 aliphatic rings. The first-order chi connectivity index (χ1) is 32.8. The summed E-state index contributed by atoms with van der Waals surface area (Å²) in [6, 6.07) is 16.8. The topological polar surface area (TPSA) is 177 Å². The lowest BCUT2D eigenvalue weighted by Gasteiger charge is -2.29. The predicted molar refractivity (Wildman–Crippen MR) is 256 cm³/mol. The second-order valence-corrected chi connectivity index (χ2v) is 18.1. The minimum absolute atomic E-state index is 0.0499. The fourth-order valence-corrected chi connectivity index (χ4v) is 9.29. The van der Waals surface area contributed by atoms with Crippen molar-refractivity contribution in [1.29, 1.82) is 0 Å². The monoisotopic (exact) mass is 941 g/mol. The Morgan fingerprint density at radius 1 is 0.485 bits per heavy atom. The number of fused-ring (bicyclic) bond motifs is 4. The molecule has 0 saturated carbocycles. The van der Waals surface area contributed by atoms with Gasteiger partial charge in [0.05, 0.1) is 40.6 Å². The fraction of sp³-hybridized carbons (Fsp3) is 0.472. The Hall–Kier alpha value is -5.13. The summed E-state index contributed by atoms with van der Waals surface area (Å²) in [6.07, 6.45) is 11.2. The molecule has 6 N–H and O–H groups in total. The molecule has 68 heavy (non-hydrogen) atoms. The van der Waals surface area contributed by atoms with E-state index >= 15 is 0 Å². The molecule has 0 aromatic heterocycles. The smallest absolute Gasteiger partial charge is 0.197 e. The highest BCUT2D eigenvalue weighted by atomic mass is 19.1. The van der Waals surface area contributed by atoms with E-state index in [1.807, 2.05) is 6.92 Å². The maximum atomic E-state index is 14.4. The number of ketones is 4. The van der Waals surface area contributed by atoms with Crippen molar-refractivity contribution in [3.8, 4) is 0 Å². The largest absolute Gasteiger partial charge is 0.392 e. The van der Waals surface area contributed by atoms with Gasteiger partial charge < -0.3 is 41.1 Å². The molecule has 0 unspecified atom stereocenters. The van der Waals surface area contributed by atoms with Crippen LogP contribution in [0.3, 0.4) is 0 Å². The number of carbonyl (C=O) groups excluding carboxylic acids is 4. The second kappa shape index (κ2) is 25.5. The number of nitrogens with two attached hydrogens (primary N) is 1. The third-order valence-corrected chi connectivity index (χ3v) is 13.0. The molecule has 3 saturated heterocycles. The van der Waals surface area contributed by atoms with Crippen molar-refractivity contribution in [2.75, 3.05) is 77.3 Å². The second-order valence-electron chi connectivity index (χ2n) is 18.1. The van der Waals surface area contributed by atoms with Crippen LogP contribution in [0.4, 0.5) is 18.9 Å². The van der Waals surface area contributed by atoms with E-state index in [1.165, 1.54) is 82.3 Å². The van der Waals surface area contributed by atoms with Crippen LogP contribution in [0.2, 0.25) is 0 Å². The number of rotatable bonds is 11. The Balaban J connectivity index is 0.000000163. The summed E-state index contributed by atoms with van der Waals surface area (Å²) in [5, 5.41) is 32.0. The van der Waals surface area contributed by atoms with E-state index in [0.29, 0.717) is 18.8 Å². The van der Waals surface area contributed by atoms with Gasteiger partial charge in [-0.05, 0) is 108 Å². The van der Waals surface area contributed by atoms with Crippen molar-refractivity contribution in [2.45, 2.75) is 89.4 Å². The number of aliphatic hydroxyl groups is 3. The van der Waals surface area contributed by atoms with Gasteiger partial charge in [0.2, 0.25) is 0 Å². The average Bonchev–Trinajstić information content (AvgIpc) is 3.36. The summed E-state index contributed by atoms with van der Waals surface area (Å²) in [4.78, 5) is 56.7. The van der Waals surface area contributed by atoms with E-state index in [2.05, 4.69) is 20.0 Å². The highest BCUT2D eigenvalue weighted by molar-refractivity contribution is 6.30. The lowest BCUT2D eigenvalue weighted by molar-refractivity contribution is 0.0972. The molecule has 15 heteroatoms. The first kappa shape index (κ1) is 52.2. The van der Waals surface area contributed by atoms with Crippen LogP contribution in [0.5, 0.6) is 0 Å². The number of nitrogens with one attached hydrogen (secondary N) is 1. The van der Waals surface area contributed by atoms with Crippen LogP contribution in [0.15, 0.2) is 72.8 Å². The van der Waals surface area contributed by atoms with Crippen molar-refractivity contribution in [1.82, 2.24) is 14.7 Å². The molecule has 4 aromatic rings. The van der Waals surface area contributed by atoms with Crippen molar-refractivity contribution in [3.63, 3.8) is 0 Å². The quantitative estimate of drug-likeness (QED) is 0.0939. The minimum Gasteiger partial charge on any atom is -0.392 e. The van der Waals surface area contributed by atoms with Crippen LogP contribution < -0.4 is 11.1 Å². The number of aliphatic hydroxyl groups excluding tert-OH is 3. The zero-order chi connectivity index (χ0) is 48.7. The summed E-state index contributed by atoms with van der Waals surface area (Å²) in [6.45, 7) is 11.4. The van der Waals surface area contributed by atoms with Gasteiger partial charge >= 0.3 is 0 Å². The molecule has 3 aliphatic heterocycles. The number of nitrogens with zero attached hydrogens (tertiary/aromatic N) is 3. The lowest BCUT2D eigenvalue weighted by atomic mass is 9.83. The fourth-order valence-electron chi connectivity index (χ4n) is 9.29. The molecule has 0 radical (unpaired) electrons. The maximum Gasteiger partial charge on any atom is 0.197 e. The highest BCUT2D eigenvalue weighted by Crippen LogP contribution is 2.34. The van der Waals surface area contributed by atoms with E-state index in [9.17, 15) is 47.7 Å². The van der Waals surface area contributed by atoms with Gasteiger partial charge in [-0.1, -0.05) is 74.7 Å². The number of anilines is 1. The summed E-state index contributed by atoms with van der Waals surface area (Å²) in [5.41, 5.74) is 5.32. The first-order valence-corrected chi connectivity index (χ1v) is 24.1. The Morgan fingerprint density at radius 3 is 1.18 bits per heavy atom. The molecular weight excluding hydrogens is 876 g/mol. The lowest BCUT2D eigenvalue weighted by Crippen LogP contribution is -2.39. The zero-order valence-electron chi connectivity index (χ0n) is 39.0. The molecule has 0 spiro atoms. The highest BCUT2D eigenvalue weighted by Gasteiger charge is 2.35. The van der Waals surface area contributed by atoms with E-state index in [1.54, 1.807) is 36.4 Å². The number of carbonyl (C=O) groups is 4. The van der Waals surface area contributed by atoms with Gasteiger partial charge in [0, 0.05) is 60.7 Å². The van der Waals surface area contributed by atoms with Gasteiger partial charge in [0.15, 0.2) is 23.1 Å². The van der Waals surface area contributed by atoms with Crippen LogP contribution in [0.25, 0.3) is 0 Å². The Morgan fingerprint density at radius 2 is 0.809 bits per heavy atom. The van der Waals surface area contributed by atoms with Crippen LogP contribution in [-0.2, 0) is 0 Å². The Kier molecular flexibility index (Phi) is 19.6. The number of β-amino-alcohol motifs (C(OH)–C–C–N with tert-alkyl or cyclic N) is 3. The molecular formula is C53H66F3N5O7. The summed E-state index contributed by atoms with van der Waals surface area (Å²) >= 11 is 0. The Bertz CT molecular complexity index is 2280. The van der Waals surface area contributed by atoms with Crippen LogP contribution in [-0.4, -0.2) is 143 Å². The zero-order valence-corrected chi connectivity index (χ0v) is 39.0. The Labute approximate surface area is 397 Å². The summed E-state index contributed by atoms with van der Waals surface area (Å²) in [5.74, 6) is -4.63. The number of benzene rings is 4. The maximum absolute atomic E-state index is 14.4. The minimum atomic E-state index is -0.876. The number of hydrogen-bond acceptors (Lipinski definition) is 12. The number of piperidine rings is 3. The SMILES string of the molecule is CC[C@H](O)CN1CCCCC1.NC[C@H](O)CN1CCCCC1.O=C1c2ccccc2C(=O)c2c(F)ccc(F)c21.O=C1c2ccccc2C(=O)c2c(NC[C@H](O)CN3CCCCC3)ccc(F)c21. The normalized spacial score (nSPS) is 18.4. The molecule has 12 nitrogen and oxygen atoms in total. The molecule has 0 bridgehead atoms. The number of halogens is 3. The van der Waals surface area contributed by atoms with Gasteiger partial charge in [-0.3, -0.25) is 19.2 Å². The van der Waals surface area contributed by atoms with Crippen molar-refractivity contribution in [2.24, 2.45) is 5.73 Å². The molecule has 0 amide bonds. The van der Waals surface area contributed by atoms with Gasteiger partial charge in [-0.15, -0.1) is 0 Å². The van der Waals surface area contributed by atoms with Crippen LogP contribution in [0.1, 0.15) is 135 Å².